The molecule has 3 aliphatic rings. The Hall–Kier alpha value is -2.57. The molecular formula is C22H25ClF3N7O2. The van der Waals surface area contributed by atoms with E-state index in [-0.39, 0.29) is 29.2 Å². The minimum Gasteiger partial charge on any atom is -0.377 e. The number of anilines is 2. The van der Waals surface area contributed by atoms with E-state index >= 15 is 0 Å². The highest BCUT2D eigenvalue weighted by Crippen LogP contribution is 2.45. The Morgan fingerprint density at radius 1 is 1.17 bits per heavy atom. The quantitative estimate of drug-likeness (QED) is 0.536. The van der Waals surface area contributed by atoms with Gasteiger partial charge >= 0.3 is 6.18 Å². The van der Waals surface area contributed by atoms with Gasteiger partial charge in [0.05, 0.1) is 55.8 Å². The van der Waals surface area contributed by atoms with E-state index in [9.17, 15) is 13.2 Å². The van der Waals surface area contributed by atoms with Crippen molar-refractivity contribution in [3.8, 4) is 5.82 Å². The number of fused-ring (bicyclic) bond motifs is 3. The Morgan fingerprint density at radius 3 is 2.60 bits per heavy atom. The molecule has 9 nitrogen and oxygen atoms in total. The van der Waals surface area contributed by atoms with Crippen molar-refractivity contribution in [3.05, 3.63) is 24.0 Å². The van der Waals surface area contributed by atoms with Crippen LogP contribution in [-0.4, -0.2) is 82.2 Å². The Balaban J connectivity index is 1.62. The molecule has 2 bridgehead atoms. The highest BCUT2D eigenvalue weighted by Gasteiger charge is 2.44. The summed E-state index contributed by atoms with van der Waals surface area (Å²) in [6.45, 7) is 4.66. The van der Waals surface area contributed by atoms with Gasteiger partial charge < -0.3 is 19.3 Å². The van der Waals surface area contributed by atoms with Crippen LogP contribution < -0.4 is 9.80 Å². The van der Waals surface area contributed by atoms with E-state index in [0.29, 0.717) is 55.9 Å². The molecule has 3 fully saturated rings. The van der Waals surface area contributed by atoms with Gasteiger partial charge in [-0.15, -0.1) is 11.6 Å². The van der Waals surface area contributed by atoms with Crippen LogP contribution in [0.5, 0.6) is 0 Å². The lowest BCUT2D eigenvalue weighted by atomic mass is 10.1. The molecule has 0 spiro atoms. The number of nitrogens with zero attached hydrogens (tertiary/aromatic N) is 6. The van der Waals surface area contributed by atoms with E-state index in [2.05, 4.69) is 25.1 Å². The van der Waals surface area contributed by atoms with Gasteiger partial charge in [0, 0.05) is 24.7 Å². The first-order chi connectivity index (χ1) is 16.8. The maximum atomic E-state index is 13.9. The number of aromatic amines is 1. The SMILES string of the molecule is C[C@@H]1COCCN1c1cc(N2C3CCC2COC3)nc2c1c(C(Cl)C(F)(F)F)nn2-c1ccn[nH]1. The molecule has 3 saturated heterocycles. The number of hydrogen-bond acceptors (Lipinski definition) is 7. The summed E-state index contributed by atoms with van der Waals surface area (Å²) in [5.41, 5.74) is 0.653. The predicted molar refractivity (Wildman–Crippen MR) is 123 cm³/mol. The van der Waals surface area contributed by atoms with Crippen molar-refractivity contribution in [2.45, 2.75) is 49.4 Å². The molecule has 6 rings (SSSR count). The summed E-state index contributed by atoms with van der Waals surface area (Å²) in [7, 11) is 0. The summed E-state index contributed by atoms with van der Waals surface area (Å²) >= 11 is 6.00. The summed E-state index contributed by atoms with van der Waals surface area (Å²) in [5, 5.41) is 9.09. The van der Waals surface area contributed by atoms with Gasteiger partial charge in [0.25, 0.3) is 0 Å². The summed E-state index contributed by atoms with van der Waals surface area (Å²) in [6, 6.07) is 3.83. The average molecular weight is 512 g/mol. The zero-order valence-corrected chi connectivity index (χ0v) is 19.8. The number of H-pyrrole nitrogens is 1. The molecule has 6 heterocycles. The van der Waals surface area contributed by atoms with Crippen molar-refractivity contribution in [2.24, 2.45) is 0 Å². The van der Waals surface area contributed by atoms with Gasteiger partial charge in [0.2, 0.25) is 0 Å². The van der Waals surface area contributed by atoms with Crippen molar-refractivity contribution < 1.29 is 22.6 Å². The number of alkyl halides is 4. The number of morpholine rings is 2. The van der Waals surface area contributed by atoms with Crippen molar-refractivity contribution in [3.63, 3.8) is 0 Å². The van der Waals surface area contributed by atoms with E-state index in [0.717, 1.165) is 12.8 Å². The number of halogens is 4. The molecule has 4 atom stereocenters. The van der Waals surface area contributed by atoms with Gasteiger partial charge in [0.1, 0.15) is 11.5 Å². The molecule has 35 heavy (non-hydrogen) atoms. The van der Waals surface area contributed by atoms with Gasteiger partial charge in [-0.05, 0) is 19.8 Å². The molecule has 0 aliphatic carbocycles. The Morgan fingerprint density at radius 2 is 1.94 bits per heavy atom. The monoisotopic (exact) mass is 511 g/mol. The number of nitrogens with one attached hydrogen (secondary N) is 1. The van der Waals surface area contributed by atoms with Crippen LogP contribution in [0.1, 0.15) is 30.8 Å². The average Bonchev–Trinajstić information content (AvgIpc) is 3.54. The molecule has 3 aromatic rings. The lowest BCUT2D eigenvalue weighted by Crippen LogP contribution is -2.47. The summed E-state index contributed by atoms with van der Waals surface area (Å²) in [4.78, 5) is 9.23. The fourth-order valence-electron chi connectivity index (χ4n) is 5.42. The smallest absolute Gasteiger partial charge is 0.377 e. The van der Waals surface area contributed by atoms with Crippen LogP contribution in [0, 0.1) is 0 Å². The highest BCUT2D eigenvalue weighted by molar-refractivity contribution is 6.22. The number of aromatic nitrogens is 5. The van der Waals surface area contributed by atoms with Crippen molar-refractivity contribution in [1.82, 2.24) is 25.0 Å². The van der Waals surface area contributed by atoms with Crippen LogP contribution in [0.4, 0.5) is 24.7 Å². The van der Waals surface area contributed by atoms with E-state index in [1.807, 2.05) is 13.0 Å². The molecule has 0 radical (unpaired) electrons. The third-order valence-electron chi connectivity index (χ3n) is 7.05. The van der Waals surface area contributed by atoms with Gasteiger partial charge in [-0.2, -0.15) is 28.1 Å². The first-order valence-corrected chi connectivity index (χ1v) is 12.1. The fourth-order valence-corrected chi connectivity index (χ4v) is 5.58. The number of ether oxygens (including phenoxy) is 2. The van der Waals surface area contributed by atoms with Crippen LogP contribution in [0.2, 0.25) is 0 Å². The van der Waals surface area contributed by atoms with Crippen LogP contribution in [-0.2, 0) is 9.47 Å². The second-order valence-electron chi connectivity index (χ2n) is 9.29. The zero-order chi connectivity index (χ0) is 24.3. The van der Waals surface area contributed by atoms with Crippen molar-refractivity contribution in [1.29, 1.82) is 0 Å². The molecule has 0 amide bonds. The third kappa shape index (κ3) is 3.82. The summed E-state index contributed by atoms with van der Waals surface area (Å²) in [6.07, 6.45) is -1.20. The molecule has 1 N–H and O–H groups in total. The molecule has 3 aliphatic heterocycles. The predicted octanol–water partition coefficient (Wildman–Crippen LogP) is 3.58. The van der Waals surface area contributed by atoms with Crippen LogP contribution in [0.25, 0.3) is 16.9 Å². The topological polar surface area (TPSA) is 84.3 Å². The summed E-state index contributed by atoms with van der Waals surface area (Å²) in [5.74, 6) is 1.11. The maximum Gasteiger partial charge on any atom is 0.410 e. The Kier molecular flexibility index (Phi) is 5.57. The normalized spacial score (nSPS) is 26.0. The summed E-state index contributed by atoms with van der Waals surface area (Å²) < 4.78 is 54.3. The van der Waals surface area contributed by atoms with Gasteiger partial charge in [-0.3, -0.25) is 5.10 Å². The van der Waals surface area contributed by atoms with Crippen LogP contribution in [0.15, 0.2) is 18.3 Å². The minimum absolute atomic E-state index is 0.0494. The molecule has 0 saturated carbocycles. The van der Waals surface area contributed by atoms with E-state index in [1.165, 1.54) is 10.9 Å². The van der Waals surface area contributed by atoms with Crippen molar-refractivity contribution >= 4 is 34.1 Å². The standard InChI is InChI=1S/C22H25ClF3N7O2/c1-12-9-34-7-6-31(12)15-8-17(32-13-2-3-14(32)11-35-10-13)28-21-18(15)19(20(23)22(24,25)26)30-33(21)16-4-5-27-29-16/h4-5,8,12-14,20H,2-3,6-7,9-11H2,1H3,(H,27,29)/t12-,13?,14?,20?/m1/s1. The number of rotatable bonds is 4. The zero-order valence-electron chi connectivity index (χ0n) is 19.0. The first kappa shape index (κ1) is 22.9. The second kappa shape index (κ2) is 8.52. The van der Waals surface area contributed by atoms with Gasteiger partial charge in [-0.25, -0.2) is 4.98 Å². The molecular weight excluding hydrogens is 487 g/mol. The van der Waals surface area contributed by atoms with Crippen LogP contribution in [0.3, 0.4) is 0 Å². The van der Waals surface area contributed by atoms with Crippen LogP contribution >= 0.6 is 11.6 Å². The molecule has 3 unspecified atom stereocenters. The van der Waals surface area contributed by atoms with Crippen molar-refractivity contribution in [2.75, 3.05) is 42.8 Å². The van der Waals surface area contributed by atoms with Gasteiger partial charge in [-0.1, -0.05) is 0 Å². The number of pyridine rings is 1. The lowest BCUT2D eigenvalue weighted by Gasteiger charge is -2.38. The number of hydrogen-bond donors (Lipinski definition) is 1. The Bertz CT molecular complexity index is 1200. The minimum atomic E-state index is -4.68. The second-order valence-corrected chi connectivity index (χ2v) is 9.72. The van der Waals surface area contributed by atoms with E-state index in [1.54, 1.807) is 6.07 Å². The fraction of sp³-hybridized carbons (Fsp3) is 0.591. The van der Waals surface area contributed by atoms with E-state index in [4.69, 9.17) is 26.1 Å². The third-order valence-corrected chi connectivity index (χ3v) is 7.51. The van der Waals surface area contributed by atoms with E-state index < -0.39 is 11.6 Å². The van der Waals surface area contributed by atoms with Gasteiger partial charge in [0.15, 0.2) is 16.8 Å². The lowest BCUT2D eigenvalue weighted by molar-refractivity contribution is -0.132. The molecule has 13 heteroatoms. The first-order valence-electron chi connectivity index (χ1n) is 11.7. The molecule has 0 aromatic carbocycles. The Labute approximate surface area is 204 Å². The highest BCUT2D eigenvalue weighted by atomic mass is 35.5. The maximum absolute atomic E-state index is 13.9. The molecule has 3 aromatic heterocycles. The largest absolute Gasteiger partial charge is 0.410 e. The molecule has 188 valence electrons.